The van der Waals surface area contributed by atoms with Gasteiger partial charge >= 0.3 is 0 Å². The van der Waals surface area contributed by atoms with Crippen molar-refractivity contribution >= 4 is 58.2 Å². The number of hydrogen-bond acceptors (Lipinski definition) is 3. The molecular formula is C26H15BrN2S. The molecule has 0 saturated heterocycles. The Morgan fingerprint density at radius 3 is 2.37 bits per heavy atom. The van der Waals surface area contributed by atoms with Gasteiger partial charge in [-0.1, -0.05) is 64.5 Å². The Kier molecular flexibility index (Phi) is 4.15. The number of nitrogens with zero attached hydrogens (tertiary/aromatic N) is 2. The minimum Gasteiger partial charge on any atom is -0.236 e. The first-order valence-corrected chi connectivity index (χ1v) is 11.3. The standard InChI is InChI=1S/C26H15BrN2S/c27-20-11-10-16-8-9-17(12-18(16)13-20)19-14-28-26(29-15-19)23-6-3-5-22-21-4-1-2-7-24(21)30-25(22)23/h1-15H. The van der Waals surface area contributed by atoms with E-state index < -0.39 is 0 Å². The maximum atomic E-state index is 4.73. The van der Waals surface area contributed by atoms with Crippen LogP contribution in [0.25, 0.3) is 53.5 Å². The third-order valence-corrected chi connectivity index (χ3v) is 7.15. The third kappa shape index (κ3) is 2.92. The van der Waals surface area contributed by atoms with Crippen molar-refractivity contribution in [2.24, 2.45) is 0 Å². The molecule has 0 spiro atoms. The molecule has 30 heavy (non-hydrogen) atoms. The molecule has 4 heteroatoms. The average molecular weight is 467 g/mol. The van der Waals surface area contributed by atoms with Gasteiger partial charge in [0.15, 0.2) is 5.82 Å². The van der Waals surface area contributed by atoms with Crippen LogP contribution in [0, 0.1) is 0 Å². The quantitative estimate of drug-likeness (QED) is 0.257. The van der Waals surface area contributed by atoms with Gasteiger partial charge < -0.3 is 0 Å². The van der Waals surface area contributed by atoms with Gasteiger partial charge in [-0.3, -0.25) is 0 Å². The summed E-state index contributed by atoms with van der Waals surface area (Å²) in [7, 11) is 0. The maximum Gasteiger partial charge on any atom is 0.160 e. The fraction of sp³-hybridized carbons (Fsp3) is 0. The highest BCUT2D eigenvalue weighted by Crippen LogP contribution is 2.38. The summed E-state index contributed by atoms with van der Waals surface area (Å²) < 4.78 is 3.61. The molecule has 2 heterocycles. The molecule has 0 aliphatic rings. The molecule has 2 nitrogen and oxygen atoms in total. The summed E-state index contributed by atoms with van der Waals surface area (Å²) in [6.45, 7) is 0. The summed E-state index contributed by atoms with van der Waals surface area (Å²) in [5.41, 5.74) is 3.22. The molecular weight excluding hydrogens is 452 g/mol. The summed E-state index contributed by atoms with van der Waals surface area (Å²) in [5, 5.41) is 4.97. The van der Waals surface area contributed by atoms with Gasteiger partial charge in [0.1, 0.15) is 0 Å². The lowest BCUT2D eigenvalue weighted by molar-refractivity contribution is 1.18. The molecule has 0 bridgehead atoms. The van der Waals surface area contributed by atoms with Crippen molar-refractivity contribution in [3.05, 3.63) is 95.7 Å². The van der Waals surface area contributed by atoms with E-state index in [1.807, 2.05) is 12.4 Å². The third-order valence-electron chi connectivity index (χ3n) is 5.43. The normalized spacial score (nSPS) is 11.5. The average Bonchev–Trinajstić information content (AvgIpc) is 3.17. The molecule has 0 fully saturated rings. The lowest BCUT2D eigenvalue weighted by atomic mass is 10.0. The highest BCUT2D eigenvalue weighted by molar-refractivity contribution is 9.10. The number of fused-ring (bicyclic) bond motifs is 4. The maximum absolute atomic E-state index is 4.73. The lowest BCUT2D eigenvalue weighted by Gasteiger charge is -2.06. The van der Waals surface area contributed by atoms with Crippen molar-refractivity contribution in [1.29, 1.82) is 0 Å². The van der Waals surface area contributed by atoms with Crippen LogP contribution in [0.3, 0.4) is 0 Å². The minimum absolute atomic E-state index is 0.763. The number of rotatable bonds is 2. The first-order chi connectivity index (χ1) is 14.8. The highest BCUT2D eigenvalue weighted by Gasteiger charge is 2.12. The van der Waals surface area contributed by atoms with E-state index in [2.05, 4.69) is 94.8 Å². The molecule has 0 saturated carbocycles. The number of aromatic nitrogens is 2. The van der Waals surface area contributed by atoms with Crippen molar-refractivity contribution in [2.45, 2.75) is 0 Å². The lowest BCUT2D eigenvalue weighted by Crippen LogP contribution is -1.90. The van der Waals surface area contributed by atoms with E-state index in [1.54, 1.807) is 11.3 Å². The van der Waals surface area contributed by atoms with E-state index in [0.717, 1.165) is 27.0 Å². The van der Waals surface area contributed by atoms with Gasteiger partial charge in [-0.15, -0.1) is 11.3 Å². The molecule has 0 aliphatic carbocycles. The second kappa shape index (κ2) is 7.01. The summed E-state index contributed by atoms with van der Waals surface area (Å²) in [6, 6.07) is 27.7. The smallest absolute Gasteiger partial charge is 0.160 e. The Morgan fingerprint density at radius 2 is 1.47 bits per heavy atom. The first kappa shape index (κ1) is 17.8. The Balaban J connectivity index is 1.44. The number of thiophene rings is 1. The van der Waals surface area contributed by atoms with Crippen LogP contribution in [0.1, 0.15) is 0 Å². The van der Waals surface area contributed by atoms with Gasteiger partial charge in [-0.05, 0) is 46.7 Å². The number of benzene rings is 4. The highest BCUT2D eigenvalue weighted by atomic mass is 79.9. The Labute approximate surface area is 186 Å². The molecule has 0 aliphatic heterocycles. The molecule has 0 N–H and O–H groups in total. The van der Waals surface area contributed by atoms with Crippen LogP contribution in [0.2, 0.25) is 0 Å². The zero-order valence-electron chi connectivity index (χ0n) is 15.8. The molecule has 0 radical (unpaired) electrons. The van der Waals surface area contributed by atoms with Gasteiger partial charge in [0.25, 0.3) is 0 Å². The molecule has 4 aromatic carbocycles. The molecule has 142 valence electrons. The van der Waals surface area contributed by atoms with E-state index in [0.29, 0.717) is 0 Å². The predicted octanol–water partition coefficient (Wildman–Crippen LogP) is 8.09. The Bertz CT molecular complexity index is 1550. The monoisotopic (exact) mass is 466 g/mol. The Morgan fingerprint density at radius 1 is 0.667 bits per heavy atom. The zero-order valence-corrected chi connectivity index (χ0v) is 18.2. The summed E-state index contributed by atoms with van der Waals surface area (Å²) in [6.07, 6.45) is 3.85. The van der Waals surface area contributed by atoms with E-state index in [9.17, 15) is 0 Å². The van der Waals surface area contributed by atoms with Crippen LogP contribution < -0.4 is 0 Å². The molecule has 0 atom stereocenters. The van der Waals surface area contributed by atoms with Crippen LogP contribution in [0.15, 0.2) is 95.7 Å². The predicted molar refractivity (Wildman–Crippen MR) is 131 cm³/mol. The SMILES string of the molecule is Brc1ccc2ccc(-c3cnc(-c4cccc5c4sc4ccccc45)nc3)cc2c1. The van der Waals surface area contributed by atoms with Crippen LogP contribution in [0.4, 0.5) is 0 Å². The van der Waals surface area contributed by atoms with Gasteiger partial charge in [0.2, 0.25) is 0 Å². The summed E-state index contributed by atoms with van der Waals surface area (Å²) in [4.78, 5) is 9.46. The fourth-order valence-electron chi connectivity index (χ4n) is 3.94. The molecule has 0 amide bonds. The van der Waals surface area contributed by atoms with E-state index in [1.165, 1.54) is 30.9 Å². The molecule has 6 aromatic rings. The van der Waals surface area contributed by atoms with Gasteiger partial charge in [-0.2, -0.15) is 0 Å². The van der Waals surface area contributed by atoms with Crippen LogP contribution >= 0.6 is 27.3 Å². The topological polar surface area (TPSA) is 25.8 Å². The molecule has 6 rings (SSSR count). The van der Waals surface area contributed by atoms with Crippen molar-refractivity contribution in [3.8, 4) is 22.5 Å². The molecule has 2 aromatic heterocycles. The fourth-order valence-corrected chi connectivity index (χ4v) is 5.53. The first-order valence-electron chi connectivity index (χ1n) is 9.69. The van der Waals surface area contributed by atoms with E-state index >= 15 is 0 Å². The van der Waals surface area contributed by atoms with Gasteiger partial charge in [0.05, 0.1) is 0 Å². The second-order valence-corrected chi connectivity index (χ2v) is 9.25. The van der Waals surface area contributed by atoms with Crippen LogP contribution in [-0.2, 0) is 0 Å². The van der Waals surface area contributed by atoms with Crippen LogP contribution in [0.5, 0.6) is 0 Å². The summed E-state index contributed by atoms with van der Waals surface area (Å²) in [5.74, 6) is 0.763. The summed E-state index contributed by atoms with van der Waals surface area (Å²) >= 11 is 5.36. The van der Waals surface area contributed by atoms with E-state index in [-0.39, 0.29) is 0 Å². The largest absolute Gasteiger partial charge is 0.236 e. The number of halogens is 1. The van der Waals surface area contributed by atoms with Gasteiger partial charge in [0, 0.05) is 48.2 Å². The van der Waals surface area contributed by atoms with Gasteiger partial charge in [-0.25, -0.2) is 9.97 Å². The van der Waals surface area contributed by atoms with E-state index in [4.69, 9.17) is 9.97 Å². The van der Waals surface area contributed by atoms with Crippen LogP contribution in [-0.4, -0.2) is 9.97 Å². The van der Waals surface area contributed by atoms with Crippen molar-refractivity contribution in [2.75, 3.05) is 0 Å². The Hall–Kier alpha value is -3.08. The van der Waals surface area contributed by atoms with Crippen molar-refractivity contribution < 1.29 is 0 Å². The van der Waals surface area contributed by atoms with Crippen molar-refractivity contribution in [1.82, 2.24) is 9.97 Å². The van der Waals surface area contributed by atoms with Crippen molar-refractivity contribution in [3.63, 3.8) is 0 Å². The molecule has 0 unspecified atom stereocenters. The zero-order chi connectivity index (χ0) is 20.1. The minimum atomic E-state index is 0.763. The second-order valence-electron chi connectivity index (χ2n) is 7.28. The number of hydrogen-bond donors (Lipinski definition) is 0.